The average Bonchev–Trinajstić information content (AvgIpc) is 3.14. The van der Waals surface area contributed by atoms with E-state index in [-0.39, 0.29) is 5.82 Å². The highest BCUT2D eigenvalue weighted by molar-refractivity contribution is 6.30. The molecule has 0 aliphatic rings. The van der Waals surface area contributed by atoms with E-state index in [9.17, 15) is 9.18 Å². The van der Waals surface area contributed by atoms with E-state index in [4.69, 9.17) is 11.6 Å². The highest BCUT2D eigenvalue weighted by Gasteiger charge is 2.19. The van der Waals surface area contributed by atoms with Crippen molar-refractivity contribution in [2.45, 2.75) is 6.92 Å². The standard InChI is InChI=1S/C22H16ClFN4O/c1-14-4-2-5-15(12-14)21-26-20(22(29)25-18-7-3-6-17(24)13-18)27-28(21)19-10-8-16(23)9-11-19/h2-13H,1H3,(H,25,29). The van der Waals surface area contributed by atoms with Crippen molar-refractivity contribution in [3.63, 3.8) is 0 Å². The molecule has 0 aliphatic heterocycles. The van der Waals surface area contributed by atoms with Gasteiger partial charge in [0.15, 0.2) is 5.82 Å². The molecule has 5 nitrogen and oxygen atoms in total. The number of carbonyl (C=O) groups is 1. The molecule has 0 aliphatic carbocycles. The molecule has 1 N–H and O–H groups in total. The van der Waals surface area contributed by atoms with Gasteiger partial charge in [0.2, 0.25) is 5.82 Å². The third kappa shape index (κ3) is 4.17. The van der Waals surface area contributed by atoms with Crippen molar-refractivity contribution in [2.75, 3.05) is 5.32 Å². The van der Waals surface area contributed by atoms with Crippen molar-refractivity contribution in [2.24, 2.45) is 0 Å². The second-order valence-corrected chi connectivity index (χ2v) is 6.92. The molecule has 0 saturated carbocycles. The van der Waals surface area contributed by atoms with Crippen LogP contribution in [0.3, 0.4) is 0 Å². The Balaban J connectivity index is 1.76. The summed E-state index contributed by atoms with van der Waals surface area (Å²) in [5, 5.41) is 7.61. The lowest BCUT2D eigenvalue weighted by atomic mass is 10.1. The molecule has 0 saturated heterocycles. The number of aromatic nitrogens is 3. The molecule has 1 heterocycles. The predicted octanol–water partition coefficient (Wildman–Crippen LogP) is 5.29. The first-order chi connectivity index (χ1) is 14.0. The summed E-state index contributed by atoms with van der Waals surface area (Å²) in [6.07, 6.45) is 0. The Hall–Kier alpha value is -3.51. The lowest BCUT2D eigenvalue weighted by Crippen LogP contribution is -2.14. The topological polar surface area (TPSA) is 59.8 Å². The van der Waals surface area contributed by atoms with Crippen molar-refractivity contribution >= 4 is 23.2 Å². The summed E-state index contributed by atoms with van der Waals surface area (Å²) in [6, 6.07) is 20.5. The third-order valence-corrected chi connectivity index (χ3v) is 4.49. The Labute approximate surface area is 171 Å². The monoisotopic (exact) mass is 406 g/mol. The highest BCUT2D eigenvalue weighted by atomic mass is 35.5. The van der Waals surface area contributed by atoms with E-state index in [1.165, 1.54) is 18.2 Å². The molecule has 144 valence electrons. The van der Waals surface area contributed by atoms with Gasteiger partial charge in [-0.25, -0.2) is 14.1 Å². The number of benzene rings is 3. The molecule has 1 aromatic heterocycles. The van der Waals surface area contributed by atoms with Crippen LogP contribution in [0.15, 0.2) is 72.8 Å². The Kier molecular flexibility index (Phi) is 5.10. The van der Waals surface area contributed by atoms with E-state index in [2.05, 4.69) is 15.4 Å². The largest absolute Gasteiger partial charge is 0.319 e. The van der Waals surface area contributed by atoms with Crippen LogP contribution in [0.1, 0.15) is 16.2 Å². The van der Waals surface area contributed by atoms with Gasteiger partial charge in [0.25, 0.3) is 5.91 Å². The number of nitrogens with one attached hydrogen (secondary N) is 1. The molecular weight excluding hydrogens is 391 g/mol. The maximum Gasteiger partial charge on any atom is 0.295 e. The number of hydrogen-bond donors (Lipinski definition) is 1. The number of amides is 1. The molecule has 0 spiro atoms. The molecule has 3 aromatic carbocycles. The van der Waals surface area contributed by atoms with Crippen LogP contribution in [-0.4, -0.2) is 20.7 Å². The number of nitrogens with zero attached hydrogens (tertiary/aromatic N) is 3. The fourth-order valence-electron chi connectivity index (χ4n) is 2.89. The number of carbonyl (C=O) groups excluding carboxylic acids is 1. The Bertz CT molecular complexity index is 1190. The summed E-state index contributed by atoms with van der Waals surface area (Å²) in [5.41, 5.74) is 2.91. The summed E-state index contributed by atoms with van der Waals surface area (Å²) < 4.78 is 15.0. The Morgan fingerprint density at radius 2 is 1.79 bits per heavy atom. The molecule has 1 amide bonds. The van der Waals surface area contributed by atoms with Gasteiger partial charge in [-0.15, -0.1) is 5.10 Å². The van der Waals surface area contributed by atoms with E-state index in [1.54, 1.807) is 35.0 Å². The fourth-order valence-corrected chi connectivity index (χ4v) is 3.02. The second-order valence-electron chi connectivity index (χ2n) is 6.48. The van der Waals surface area contributed by atoms with Gasteiger partial charge in [-0.2, -0.15) is 0 Å². The molecule has 7 heteroatoms. The second kappa shape index (κ2) is 7.85. The number of rotatable bonds is 4. The molecule has 4 rings (SSSR count). The first kappa shape index (κ1) is 18.8. The zero-order valence-electron chi connectivity index (χ0n) is 15.4. The molecular formula is C22H16ClFN4O. The fraction of sp³-hybridized carbons (Fsp3) is 0.0455. The summed E-state index contributed by atoms with van der Waals surface area (Å²) in [5.74, 6) is -0.485. The van der Waals surface area contributed by atoms with E-state index in [0.29, 0.717) is 22.2 Å². The minimum atomic E-state index is -0.530. The third-order valence-electron chi connectivity index (χ3n) is 4.24. The predicted molar refractivity (Wildman–Crippen MR) is 111 cm³/mol. The van der Waals surface area contributed by atoms with Crippen molar-refractivity contribution in [1.82, 2.24) is 14.8 Å². The first-order valence-corrected chi connectivity index (χ1v) is 9.24. The average molecular weight is 407 g/mol. The SMILES string of the molecule is Cc1cccc(-c2nc(C(=O)Nc3cccc(F)c3)nn2-c2ccc(Cl)cc2)c1. The minimum absolute atomic E-state index is 0.0271. The van der Waals surface area contributed by atoms with Crippen molar-refractivity contribution in [3.8, 4) is 17.1 Å². The van der Waals surface area contributed by atoms with Crippen LogP contribution < -0.4 is 5.32 Å². The van der Waals surface area contributed by atoms with Gasteiger partial charge < -0.3 is 5.32 Å². The number of hydrogen-bond acceptors (Lipinski definition) is 3. The number of aryl methyl sites for hydroxylation is 1. The van der Waals surface area contributed by atoms with Gasteiger partial charge in [0, 0.05) is 16.3 Å². The normalized spacial score (nSPS) is 10.7. The van der Waals surface area contributed by atoms with Crippen molar-refractivity contribution in [1.29, 1.82) is 0 Å². The van der Waals surface area contributed by atoms with E-state index in [1.807, 2.05) is 31.2 Å². The van der Waals surface area contributed by atoms with Gasteiger partial charge in [-0.3, -0.25) is 4.79 Å². The quantitative estimate of drug-likeness (QED) is 0.501. The zero-order valence-corrected chi connectivity index (χ0v) is 16.2. The Morgan fingerprint density at radius 3 is 2.52 bits per heavy atom. The number of halogens is 2. The Morgan fingerprint density at radius 1 is 1.03 bits per heavy atom. The van der Waals surface area contributed by atoms with E-state index < -0.39 is 11.7 Å². The van der Waals surface area contributed by atoms with Crippen LogP contribution in [0.2, 0.25) is 5.02 Å². The summed E-state index contributed by atoms with van der Waals surface area (Å²) in [7, 11) is 0. The van der Waals surface area contributed by atoms with Gasteiger partial charge in [0.1, 0.15) is 5.82 Å². The van der Waals surface area contributed by atoms with Crippen LogP contribution in [0, 0.1) is 12.7 Å². The van der Waals surface area contributed by atoms with Crippen LogP contribution in [-0.2, 0) is 0 Å². The number of anilines is 1. The van der Waals surface area contributed by atoms with Gasteiger partial charge >= 0.3 is 0 Å². The van der Waals surface area contributed by atoms with Crippen LogP contribution in [0.25, 0.3) is 17.1 Å². The van der Waals surface area contributed by atoms with Crippen LogP contribution in [0.5, 0.6) is 0 Å². The van der Waals surface area contributed by atoms with Gasteiger partial charge in [-0.1, -0.05) is 41.4 Å². The maximum absolute atomic E-state index is 13.4. The van der Waals surface area contributed by atoms with Crippen molar-refractivity contribution in [3.05, 3.63) is 95.0 Å². The van der Waals surface area contributed by atoms with E-state index in [0.717, 1.165) is 11.1 Å². The van der Waals surface area contributed by atoms with E-state index >= 15 is 0 Å². The minimum Gasteiger partial charge on any atom is -0.319 e. The molecule has 0 unspecified atom stereocenters. The molecule has 29 heavy (non-hydrogen) atoms. The summed E-state index contributed by atoms with van der Waals surface area (Å²) in [6.45, 7) is 1.98. The molecule has 0 atom stereocenters. The molecule has 0 fully saturated rings. The van der Waals surface area contributed by atoms with Gasteiger partial charge in [-0.05, 0) is 55.5 Å². The molecule has 4 aromatic rings. The first-order valence-electron chi connectivity index (χ1n) is 8.86. The summed E-state index contributed by atoms with van der Waals surface area (Å²) >= 11 is 6.00. The highest BCUT2D eigenvalue weighted by Crippen LogP contribution is 2.23. The maximum atomic E-state index is 13.4. The van der Waals surface area contributed by atoms with Crippen LogP contribution >= 0.6 is 11.6 Å². The molecule has 0 bridgehead atoms. The van der Waals surface area contributed by atoms with Crippen molar-refractivity contribution < 1.29 is 9.18 Å². The molecule has 0 radical (unpaired) electrons. The lowest BCUT2D eigenvalue weighted by Gasteiger charge is -2.06. The lowest BCUT2D eigenvalue weighted by molar-refractivity contribution is 0.101. The van der Waals surface area contributed by atoms with Crippen LogP contribution in [0.4, 0.5) is 10.1 Å². The smallest absolute Gasteiger partial charge is 0.295 e. The summed E-state index contributed by atoms with van der Waals surface area (Å²) in [4.78, 5) is 17.1. The van der Waals surface area contributed by atoms with Gasteiger partial charge in [0.05, 0.1) is 5.69 Å². The zero-order chi connectivity index (χ0) is 20.4.